The molecule has 0 atom stereocenters. The van der Waals surface area contributed by atoms with E-state index in [0.717, 1.165) is 56.3 Å². The molecular formula is C21H24N4O2. The summed E-state index contributed by atoms with van der Waals surface area (Å²) in [7, 11) is 1.64. The number of aryl methyl sites for hydroxylation is 4. The van der Waals surface area contributed by atoms with Crippen molar-refractivity contribution in [2.75, 3.05) is 7.11 Å². The van der Waals surface area contributed by atoms with E-state index in [-0.39, 0.29) is 7.43 Å². The molecule has 0 unspecified atom stereocenters. The highest BCUT2D eigenvalue weighted by Gasteiger charge is 2.19. The van der Waals surface area contributed by atoms with Gasteiger partial charge in [0.15, 0.2) is 0 Å². The number of aromatic nitrogens is 4. The average Bonchev–Trinajstić information content (AvgIpc) is 3.15. The molecule has 0 radical (unpaired) electrons. The summed E-state index contributed by atoms with van der Waals surface area (Å²) in [5.41, 5.74) is 7.50. The Labute approximate surface area is 158 Å². The van der Waals surface area contributed by atoms with E-state index in [1.54, 1.807) is 7.11 Å². The summed E-state index contributed by atoms with van der Waals surface area (Å²) >= 11 is 0. The molecule has 1 N–H and O–H groups in total. The van der Waals surface area contributed by atoms with Crippen molar-refractivity contribution in [2.45, 2.75) is 35.1 Å². The van der Waals surface area contributed by atoms with E-state index in [2.05, 4.69) is 32.2 Å². The highest BCUT2D eigenvalue weighted by molar-refractivity contribution is 5.97. The lowest BCUT2D eigenvalue weighted by atomic mass is 9.97. The molecule has 140 valence electrons. The molecule has 6 heteroatoms. The van der Waals surface area contributed by atoms with Crippen LogP contribution in [-0.4, -0.2) is 27.2 Å². The Morgan fingerprint density at radius 3 is 2.44 bits per heavy atom. The smallest absolute Gasteiger partial charge is 0.221 e. The number of aromatic amines is 1. The first-order valence-electron chi connectivity index (χ1n) is 8.43. The molecule has 0 saturated carbocycles. The van der Waals surface area contributed by atoms with E-state index in [4.69, 9.17) is 9.26 Å². The topological polar surface area (TPSA) is 76.8 Å². The van der Waals surface area contributed by atoms with Gasteiger partial charge < -0.3 is 14.2 Å². The molecule has 3 heterocycles. The second kappa shape index (κ2) is 6.87. The maximum Gasteiger partial charge on any atom is 0.221 e. The van der Waals surface area contributed by atoms with Gasteiger partial charge in [-0.3, -0.25) is 0 Å². The Balaban J connectivity index is 0.00000210. The zero-order valence-electron chi connectivity index (χ0n) is 15.5. The van der Waals surface area contributed by atoms with Gasteiger partial charge in [-0.15, -0.1) is 0 Å². The number of ether oxygens (including phenoxy) is 1. The number of rotatable bonds is 3. The third kappa shape index (κ3) is 3.07. The van der Waals surface area contributed by atoms with Crippen molar-refractivity contribution in [2.24, 2.45) is 0 Å². The van der Waals surface area contributed by atoms with E-state index in [1.807, 2.05) is 39.8 Å². The predicted molar refractivity (Wildman–Crippen MR) is 107 cm³/mol. The van der Waals surface area contributed by atoms with Gasteiger partial charge in [-0.05, 0) is 57.5 Å². The van der Waals surface area contributed by atoms with Gasteiger partial charge >= 0.3 is 0 Å². The Morgan fingerprint density at radius 1 is 1.00 bits per heavy atom. The lowest BCUT2D eigenvalue weighted by Gasteiger charge is -2.11. The van der Waals surface area contributed by atoms with Crippen LogP contribution in [0.2, 0.25) is 0 Å². The molecule has 4 aromatic rings. The lowest BCUT2D eigenvalue weighted by molar-refractivity contribution is 0.393. The van der Waals surface area contributed by atoms with E-state index >= 15 is 0 Å². The molecule has 0 fully saturated rings. The largest absolute Gasteiger partial charge is 0.481 e. The Morgan fingerprint density at radius 2 is 1.78 bits per heavy atom. The van der Waals surface area contributed by atoms with Crippen molar-refractivity contribution in [3.8, 4) is 28.1 Å². The normalized spacial score (nSPS) is 10.9. The molecule has 0 saturated heterocycles. The van der Waals surface area contributed by atoms with Gasteiger partial charge in [0.25, 0.3) is 0 Å². The molecule has 0 aliphatic carbocycles. The quantitative estimate of drug-likeness (QED) is 0.543. The molecule has 0 spiro atoms. The van der Waals surface area contributed by atoms with Crippen LogP contribution in [0.25, 0.3) is 33.3 Å². The Bertz CT molecular complexity index is 1110. The first-order chi connectivity index (χ1) is 12.5. The molecule has 27 heavy (non-hydrogen) atoms. The summed E-state index contributed by atoms with van der Waals surface area (Å²) in [5.74, 6) is 2.23. The third-order valence-electron chi connectivity index (χ3n) is 4.51. The van der Waals surface area contributed by atoms with Crippen molar-refractivity contribution in [3.63, 3.8) is 0 Å². The zero-order valence-corrected chi connectivity index (χ0v) is 15.5. The number of fused-ring (bicyclic) bond motifs is 1. The molecule has 4 rings (SSSR count). The summed E-state index contributed by atoms with van der Waals surface area (Å²) in [4.78, 5) is 12.5. The van der Waals surface area contributed by atoms with Gasteiger partial charge in [-0.2, -0.15) is 0 Å². The highest BCUT2D eigenvalue weighted by Crippen LogP contribution is 2.38. The van der Waals surface area contributed by atoms with E-state index in [1.165, 1.54) is 0 Å². The molecule has 0 amide bonds. The second-order valence-electron chi connectivity index (χ2n) is 6.45. The number of methoxy groups -OCH3 is 1. The molecule has 0 bridgehead atoms. The molecule has 1 aromatic carbocycles. The van der Waals surface area contributed by atoms with Gasteiger partial charge in [0.2, 0.25) is 5.88 Å². The Kier molecular flexibility index (Phi) is 4.74. The van der Waals surface area contributed by atoms with Gasteiger partial charge in [-0.1, -0.05) is 12.6 Å². The third-order valence-corrected chi connectivity index (χ3v) is 4.51. The number of nitrogens with one attached hydrogen (secondary N) is 1. The lowest BCUT2D eigenvalue weighted by Crippen LogP contribution is -1.95. The molecule has 0 aliphatic heterocycles. The standard InChI is InChI=1S/C20H20N4O2.CH4/c1-10-6-7-15(20(21-10)25-5)16-8-14(18-11(2)24-26-12(18)3)9-17-19(16)23-13(4)22-17;/h6-9H,1-5H3,(H,22,23);1H4. The fraction of sp³-hybridized carbons (Fsp3) is 0.286. The first-order valence-corrected chi connectivity index (χ1v) is 8.43. The first kappa shape index (κ1) is 18.6. The molecule has 3 aromatic heterocycles. The number of pyridine rings is 1. The van der Waals surface area contributed by atoms with Crippen LogP contribution in [0, 0.1) is 27.7 Å². The summed E-state index contributed by atoms with van der Waals surface area (Å²) in [6, 6.07) is 8.19. The number of H-pyrrole nitrogens is 1. The van der Waals surface area contributed by atoms with Crippen LogP contribution in [0.1, 0.15) is 30.4 Å². The number of hydrogen-bond acceptors (Lipinski definition) is 5. The zero-order chi connectivity index (χ0) is 18.4. The fourth-order valence-corrected chi connectivity index (χ4v) is 3.38. The summed E-state index contributed by atoms with van der Waals surface area (Å²) in [5, 5.41) is 4.09. The van der Waals surface area contributed by atoms with Crippen LogP contribution in [0.3, 0.4) is 0 Å². The van der Waals surface area contributed by atoms with Crippen LogP contribution in [0.4, 0.5) is 0 Å². The minimum absolute atomic E-state index is 0. The van der Waals surface area contributed by atoms with E-state index in [9.17, 15) is 0 Å². The summed E-state index contributed by atoms with van der Waals surface area (Å²) in [6.45, 7) is 7.76. The molecule has 0 aliphatic rings. The monoisotopic (exact) mass is 364 g/mol. The van der Waals surface area contributed by atoms with Crippen LogP contribution in [-0.2, 0) is 0 Å². The minimum Gasteiger partial charge on any atom is -0.481 e. The predicted octanol–water partition coefficient (Wildman–Crippen LogP) is 5.16. The number of imidazole rings is 1. The maximum atomic E-state index is 5.53. The fourth-order valence-electron chi connectivity index (χ4n) is 3.38. The van der Waals surface area contributed by atoms with Gasteiger partial charge in [0.1, 0.15) is 11.6 Å². The summed E-state index contributed by atoms with van der Waals surface area (Å²) in [6.07, 6.45) is 0. The molecular weight excluding hydrogens is 340 g/mol. The maximum absolute atomic E-state index is 5.53. The SMILES string of the molecule is C.COc1nc(C)ccc1-c1cc(-c2c(C)noc2C)cc2[nH]c(C)nc12. The number of hydrogen-bond donors (Lipinski definition) is 1. The average molecular weight is 364 g/mol. The highest BCUT2D eigenvalue weighted by atomic mass is 16.5. The van der Waals surface area contributed by atoms with Crippen LogP contribution in [0.15, 0.2) is 28.8 Å². The van der Waals surface area contributed by atoms with Crippen LogP contribution in [0.5, 0.6) is 5.88 Å². The van der Waals surface area contributed by atoms with E-state index in [0.29, 0.717) is 5.88 Å². The van der Waals surface area contributed by atoms with Gasteiger partial charge in [0.05, 0.1) is 23.8 Å². The van der Waals surface area contributed by atoms with Crippen molar-refractivity contribution < 1.29 is 9.26 Å². The van der Waals surface area contributed by atoms with Gasteiger partial charge in [-0.25, -0.2) is 9.97 Å². The number of nitrogens with zero attached hydrogens (tertiary/aromatic N) is 3. The van der Waals surface area contributed by atoms with Crippen molar-refractivity contribution in [1.29, 1.82) is 0 Å². The van der Waals surface area contributed by atoms with Crippen LogP contribution >= 0.6 is 0 Å². The van der Waals surface area contributed by atoms with Crippen LogP contribution < -0.4 is 4.74 Å². The van der Waals surface area contributed by atoms with Gasteiger partial charge in [0, 0.05) is 22.4 Å². The van der Waals surface area contributed by atoms with Crippen molar-refractivity contribution >= 4 is 11.0 Å². The van der Waals surface area contributed by atoms with Crippen molar-refractivity contribution in [3.05, 3.63) is 47.2 Å². The molecule has 6 nitrogen and oxygen atoms in total. The van der Waals surface area contributed by atoms with Crippen molar-refractivity contribution in [1.82, 2.24) is 20.1 Å². The second-order valence-corrected chi connectivity index (χ2v) is 6.45. The number of benzene rings is 1. The minimum atomic E-state index is 0. The summed E-state index contributed by atoms with van der Waals surface area (Å²) < 4.78 is 10.9. The van der Waals surface area contributed by atoms with E-state index < -0.39 is 0 Å². The Hall–Kier alpha value is -3.15.